The highest BCUT2D eigenvalue weighted by Gasteiger charge is 2.19. The molecule has 0 aliphatic carbocycles. The van der Waals surface area contributed by atoms with Crippen molar-refractivity contribution >= 4 is 32.7 Å². The van der Waals surface area contributed by atoms with Crippen LogP contribution in [0.1, 0.15) is 27.7 Å². The van der Waals surface area contributed by atoms with Gasteiger partial charge in [-0.05, 0) is 45.9 Å². The molecule has 0 fully saturated rings. The van der Waals surface area contributed by atoms with Crippen LogP contribution in [0.25, 0.3) is 32.7 Å². The highest BCUT2D eigenvalue weighted by atomic mass is 16.5. The molecule has 2 aromatic heterocycles. The average Bonchev–Trinajstić information content (AvgIpc) is 2.94. The van der Waals surface area contributed by atoms with Gasteiger partial charge >= 0.3 is 0 Å². The molecular formula is C20H20N2O3. The van der Waals surface area contributed by atoms with Gasteiger partial charge in [0.2, 0.25) is 11.8 Å². The molecule has 4 rings (SSSR count). The summed E-state index contributed by atoms with van der Waals surface area (Å²) in [5, 5.41) is 12.3. The maximum Gasteiger partial charge on any atom is 0.242 e. The number of hydrogen-bond acceptors (Lipinski definition) is 5. The number of para-hydroxylation sites is 1. The molecule has 0 aliphatic rings. The molecule has 0 bridgehead atoms. The fraction of sp³-hybridized carbons (Fsp3) is 0.300. The van der Waals surface area contributed by atoms with Gasteiger partial charge in [-0.15, -0.1) is 10.2 Å². The average molecular weight is 336 g/mol. The van der Waals surface area contributed by atoms with Gasteiger partial charge in [-0.1, -0.05) is 18.2 Å². The highest BCUT2D eigenvalue weighted by molar-refractivity contribution is 6.20. The Bertz CT molecular complexity index is 1070. The van der Waals surface area contributed by atoms with Crippen molar-refractivity contribution in [3.63, 3.8) is 0 Å². The molecule has 2 aromatic carbocycles. The lowest BCUT2D eigenvalue weighted by Gasteiger charge is -2.15. The molecule has 0 unspecified atom stereocenters. The molecule has 0 saturated carbocycles. The molecule has 0 spiro atoms. The molecule has 25 heavy (non-hydrogen) atoms. The van der Waals surface area contributed by atoms with Crippen molar-refractivity contribution in [3.8, 4) is 11.8 Å². The molecule has 4 aromatic rings. The van der Waals surface area contributed by atoms with E-state index in [4.69, 9.17) is 13.9 Å². The summed E-state index contributed by atoms with van der Waals surface area (Å²) in [7, 11) is 0. The number of furan rings is 1. The van der Waals surface area contributed by atoms with Crippen LogP contribution in [0.4, 0.5) is 0 Å². The summed E-state index contributed by atoms with van der Waals surface area (Å²) >= 11 is 0. The number of rotatable bonds is 4. The van der Waals surface area contributed by atoms with Crippen LogP contribution >= 0.6 is 0 Å². The quantitative estimate of drug-likeness (QED) is 0.519. The van der Waals surface area contributed by atoms with E-state index < -0.39 is 0 Å². The first-order valence-corrected chi connectivity index (χ1v) is 8.48. The van der Waals surface area contributed by atoms with Crippen molar-refractivity contribution in [1.29, 1.82) is 0 Å². The van der Waals surface area contributed by atoms with Gasteiger partial charge in [0.1, 0.15) is 11.2 Å². The first kappa shape index (κ1) is 15.7. The van der Waals surface area contributed by atoms with E-state index in [2.05, 4.69) is 10.2 Å². The van der Waals surface area contributed by atoms with Crippen molar-refractivity contribution < 1.29 is 13.9 Å². The second kappa shape index (κ2) is 5.92. The molecule has 0 N–H and O–H groups in total. The van der Waals surface area contributed by atoms with E-state index in [1.54, 1.807) is 0 Å². The zero-order chi connectivity index (χ0) is 17.6. The molecule has 0 amide bonds. The van der Waals surface area contributed by atoms with E-state index in [9.17, 15) is 0 Å². The molecule has 0 saturated heterocycles. The second-order valence-electron chi connectivity index (χ2n) is 6.60. The predicted octanol–water partition coefficient (Wildman–Crippen LogP) is 5.10. The molecule has 5 heteroatoms. The minimum Gasteiger partial charge on any atom is -0.473 e. The SMILES string of the molecule is CC(C)Oc1nnc(OC(C)C)c2c1ccc1oc3ccccc3c12. The van der Waals surface area contributed by atoms with E-state index in [1.165, 1.54) is 0 Å². The monoisotopic (exact) mass is 336 g/mol. The predicted molar refractivity (Wildman–Crippen MR) is 98.3 cm³/mol. The summed E-state index contributed by atoms with van der Waals surface area (Å²) in [6.07, 6.45) is -0.00561. The van der Waals surface area contributed by atoms with Gasteiger partial charge in [-0.2, -0.15) is 0 Å². The Kier molecular flexibility index (Phi) is 3.71. The Hall–Kier alpha value is -2.82. The van der Waals surface area contributed by atoms with Crippen LogP contribution in [-0.2, 0) is 0 Å². The zero-order valence-corrected chi connectivity index (χ0v) is 14.7. The normalized spacial score (nSPS) is 11.9. The van der Waals surface area contributed by atoms with E-state index in [0.29, 0.717) is 11.8 Å². The minimum atomic E-state index is -0.0113. The summed E-state index contributed by atoms with van der Waals surface area (Å²) in [5.74, 6) is 1.01. The third-order valence-electron chi connectivity index (χ3n) is 3.91. The number of nitrogens with zero attached hydrogens (tertiary/aromatic N) is 2. The topological polar surface area (TPSA) is 57.4 Å². The maximum absolute atomic E-state index is 6.00. The number of benzene rings is 2. The van der Waals surface area contributed by atoms with Crippen LogP contribution in [0, 0.1) is 0 Å². The fourth-order valence-electron chi connectivity index (χ4n) is 3.03. The Morgan fingerprint density at radius 1 is 0.720 bits per heavy atom. The van der Waals surface area contributed by atoms with Crippen molar-refractivity contribution in [2.24, 2.45) is 0 Å². The van der Waals surface area contributed by atoms with Gasteiger partial charge in [0.25, 0.3) is 0 Å². The van der Waals surface area contributed by atoms with E-state index in [-0.39, 0.29) is 12.2 Å². The van der Waals surface area contributed by atoms with Crippen LogP contribution in [0.3, 0.4) is 0 Å². The van der Waals surface area contributed by atoms with Crippen LogP contribution in [0.5, 0.6) is 11.8 Å². The van der Waals surface area contributed by atoms with Crippen LogP contribution in [-0.4, -0.2) is 22.4 Å². The highest BCUT2D eigenvalue weighted by Crippen LogP contribution is 2.40. The van der Waals surface area contributed by atoms with Gasteiger partial charge in [0.05, 0.1) is 23.0 Å². The standard InChI is InChI=1S/C20H20N2O3/c1-11(2)23-19-14-9-10-16-17(13-7-5-6-8-15(13)25-16)18(14)20(22-21-19)24-12(3)4/h5-12H,1-4H3. The summed E-state index contributed by atoms with van der Waals surface area (Å²) in [4.78, 5) is 0. The molecular weight excluding hydrogens is 316 g/mol. The maximum atomic E-state index is 6.00. The Morgan fingerprint density at radius 2 is 1.40 bits per heavy atom. The van der Waals surface area contributed by atoms with Crippen molar-refractivity contribution in [3.05, 3.63) is 36.4 Å². The fourth-order valence-corrected chi connectivity index (χ4v) is 3.03. The zero-order valence-electron chi connectivity index (χ0n) is 14.7. The third-order valence-corrected chi connectivity index (χ3v) is 3.91. The lowest BCUT2D eigenvalue weighted by molar-refractivity contribution is 0.220. The van der Waals surface area contributed by atoms with Gasteiger partial charge in [0, 0.05) is 10.8 Å². The van der Waals surface area contributed by atoms with E-state index >= 15 is 0 Å². The van der Waals surface area contributed by atoms with Crippen molar-refractivity contribution in [1.82, 2.24) is 10.2 Å². The summed E-state index contributed by atoms with van der Waals surface area (Å²) in [5.41, 5.74) is 1.63. The lowest BCUT2D eigenvalue weighted by atomic mass is 10.1. The molecule has 0 radical (unpaired) electrons. The van der Waals surface area contributed by atoms with Crippen LogP contribution < -0.4 is 9.47 Å². The van der Waals surface area contributed by atoms with Crippen LogP contribution in [0.15, 0.2) is 40.8 Å². The Labute approximate surface area is 145 Å². The first-order chi connectivity index (χ1) is 12.0. The largest absolute Gasteiger partial charge is 0.473 e. The Balaban J connectivity index is 2.14. The van der Waals surface area contributed by atoms with E-state index in [1.807, 2.05) is 64.1 Å². The molecule has 128 valence electrons. The first-order valence-electron chi connectivity index (χ1n) is 8.48. The van der Waals surface area contributed by atoms with Crippen LogP contribution in [0.2, 0.25) is 0 Å². The lowest BCUT2D eigenvalue weighted by Crippen LogP contribution is -2.11. The number of fused-ring (bicyclic) bond motifs is 5. The minimum absolute atomic E-state index is 0.00570. The number of ether oxygens (including phenoxy) is 2. The second-order valence-corrected chi connectivity index (χ2v) is 6.60. The number of aromatic nitrogens is 2. The van der Waals surface area contributed by atoms with Crippen molar-refractivity contribution in [2.45, 2.75) is 39.9 Å². The smallest absolute Gasteiger partial charge is 0.242 e. The summed E-state index contributed by atoms with van der Waals surface area (Å²) in [6, 6.07) is 11.9. The molecule has 5 nitrogen and oxygen atoms in total. The van der Waals surface area contributed by atoms with Crippen molar-refractivity contribution in [2.75, 3.05) is 0 Å². The number of hydrogen-bond donors (Lipinski definition) is 0. The Morgan fingerprint density at radius 3 is 2.16 bits per heavy atom. The summed E-state index contributed by atoms with van der Waals surface area (Å²) < 4.78 is 17.8. The molecule has 0 aliphatic heterocycles. The molecule has 2 heterocycles. The van der Waals surface area contributed by atoms with E-state index in [0.717, 1.165) is 32.7 Å². The van der Waals surface area contributed by atoms with Gasteiger partial charge in [-0.3, -0.25) is 0 Å². The molecule has 0 atom stereocenters. The van der Waals surface area contributed by atoms with Gasteiger partial charge < -0.3 is 13.9 Å². The van der Waals surface area contributed by atoms with Gasteiger partial charge in [0.15, 0.2) is 0 Å². The third kappa shape index (κ3) is 2.65. The van der Waals surface area contributed by atoms with Gasteiger partial charge in [-0.25, -0.2) is 0 Å². The summed E-state index contributed by atoms with van der Waals surface area (Å²) in [6.45, 7) is 7.88.